The van der Waals surface area contributed by atoms with Gasteiger partial charge in [0.1, 0.15) is 12.3 Å². The van der Waals surface area contributed by atoms with Gasteiger partial charge in [-0.1, -0.05) is 23.7 Å². The van der Waals surface area contributed by atoms with Gasteiger partial charge in [-0.2, -0.15) is 13.2 Å². The number of aliphatic hydroxyl groups excluding tert-OH is 1. The minimum Gasteiger partial charge on any atom is -0.493 e. The number of hydrogen-bond acceptors (Lipinski definition) is 6. The number of aliphatic hydroxyl groups is 1. The van der Waals surface area contributed by atoms with Gasteiger partial charge in [0.05, 0.1) is 13.2 Å². The molecule has 0 unspecified atom stereocenters. The summed E-state index contributed by atoms with van der Waals surface area (Å²) in [5.74, 6) is 1.19. The highest BCUT2D eigenvalue weighted by atomic mass is 35.5. The molecule has 1 atom stereocenters. The average Bonchev–Trinajstić information content (AvgIpc) is 3.56. The zero-order chi connectivity index (χ0) is 28.9. The Labute approximate surface area is 234 Å². The minimum absolute atomic E-state index is 0.0465. The lowest BCUT2D eigenvalue weighted by Gasteiger charge is -2.29. The van der Waals surface area contributed by atoms with Gasteiger partial charge in [0.2, 0.25) is 6.29 Å². The smallest absolute Gasteiger partial charge is 0.446 e. The van der Waals surface area contributed by atoms with Crippen molar-refractivity contribution in [3.05, 3.63) is 65.4 Å². The van der Waals surface area contributed by atoms with Crippen molar-refractivity contribution in [2.75, 3.05) is 44.8 Å². The lowest BCUT2D eigenvalue weighted by Crippen LogP contribution is -2.39. The average molecular weight is 580 g/mol. The highest BCUT2D eigenvalue weighted by Crippen LogP contribution is 2.34. The first-order chi connectivity index (χ1) is 19.1. The monoisotopic (exact) mass is 579 g/mol. The number of fused-ring (bicyclic) bond motifs is 1. The third-order valence-corrected chi connectivity index (χ3v) is 6.86. The lowest BCUT2D eigenvalue weighted by molar-refractivity contribution is -0.156. The maximum absolute atomic E-state index is 13.3. The number of amides is 1. The Morgan fingerprint density at radius 3 is 2.40 bits per heavy atom. The number of β-amino-alcohol motifs (C(OH)–C–C–N with tert-alkyl or cyclic N) is 1. The van der Waals surface area contributed by atoms with Gasteiger partial charge in [-0.05, 0) is 42.3 Å². The molecule has 12 heteroatoms. The van der Waals surface area contributed by atoms with Crippen molar-refractivity contribution >= 4 is 29.5 Å². The van der Waals surface area contributed by atoms with Gasteiger partial charge in [0, 0.05) is 61.3 Å². The van der Waals surface area contributed by atoms with Crippen LogP contribution in [0.5, 0.6) is 11.5 Å². The number of hydrogen-bond donors (Lipinski definition) is 1. The molecule has 2 aliphatic heterocycles. The van der Waals surface area contributed by atoms with E-state index in [4.69, 9.17) is 25.9 Å². The van der Waals surface area contributed by atoms with Crippen LogP contribution < -0.4 is 14.4 Å². The van der Waals surface area contributed by atoms with Crippen LogP contribution in [-0.2, 0) is 11.3 Å². The maximum atomic E-state index is 13.3. The van der Waals surface area contributed by atoms with E-state index in [-0.39, 0.29) is 12.0 Å². The second-order valence-electron chi connectivity index (χ2n) is 9.36. The quantitative estimate of drug-likeness (QED) is 0.410. The number of methoxy groups -OCH3 is 1. The Morgan fingerprint density at radius 2 is 1.77 bits per heavy atom. The minimum atomic E-state index is -4.64. The van der Waals surface area contributed by atoms with Gasteiger partial charge in [-0.15, -0.1) is 0 Å². The fraction of sp³-hybridized carbons (Fsp3) is 0.357. The SMILES string of the molecule is COc1cc(N2CCn3cc(-c4ccc(Cl)cc4)cc3C2=O)ccc1OCCN1CC[C@H](O)C1.O=CC(F)(F)F. The van der Waals surface area contributed by atoms with Crippen molar-refractivity contribution in [1.29, 1.82) is 0 Å². The van der Waals surface area contributed by atoms with Crippen LogP contribution in [0.4, 0.5) is 18.9 Å². The number of ether oxygens (including phenoxy) is 2. The molecule has 40 heavy (non-hydrogen) atoms. The molecule has 1 amide bonds. The number of benzene rings is 2. The molecule has 1 aromatic heterocycles. The van der Waals surface area contributed by atoms with Crippen LogP contribution in [0.15, 0.2) is 54.7 Å². The summed E-state index contributed by atoms with van der Waals surface area (Å²) in [5, 5.41) is 10.3. The highest BCUT2D eigenvalue weighted by Gasteiger charge is 2.28. The molecule has 0 saturated carbocycles. The molecule has 3 heterocycles. The first-order valence-corrected chi connectivity index (χ1v) is 13.0. The number of alkyl halides is 3. The fourth-order valence-electron chi connectivity index (χ4n) is 4.61. The van der Waals surface area contributed by atoms with Crippen LogP contribution in [0.3, 0.4) is 0 Å². The lowest BCUT2D eigenvalue weighted by atomic mass is 10.1. The van der Waals surface area contributed by atoms with E-state index in [9.17, 15) is 23.1 Å². The molecule has 0 aliphatic carbocycles. The van der Waals surface area contributed by atoms with E-state index in [2.05, 4.69) is 4.90 Å². The summed E-state index contributed by atoms with van der Waals surface area (Å²) in [7, 11) is 1.60. The Kier molecular flexibility index (Phi) is 9.39. The summed E-state index contributed by atoms with van der Waals surface area (Å²) < 4.78 is 44.8. The molecule has 2 aliphatic rings. The molecule has 1 saturated heterocycles. The maximum Gasteiger partial charge on any atom is 0.446 e. The highest BCUT2D eigenvalue weighted by molar-refractivity contribution is 6.30. The topological polar surface area (TPSA) is 84.2 Å². The van der Waals surface area contributed by atoms with E-state index in [0.717, 1.165) is 36.3 Å². The zero-order valence-corrected chi connectivity index (χ0v) is 22.5. The predicted molar refractivity (Wildman–Crippen MR) is 144 cm³/mol. The second kappa shape index (κ2) is 12.8. The summed E-state index contributed by atoms with van der Waals surface area (Å²) in [6, 6.07) is 15.2. The number of aromatic nitrogens is 1. The number of halogens is 4. The van der Waals surface area contributed by atoms with Gasteiger partial charge in [-0.25, -0.2) is 0 Å². The Bertz CT molecular complexity index is 1330. The van der Waals surface area contributed by atoms with Crippen molar-refractivity contribution in [3.8, 4) is 22.6 Å². The molecule has 214 valence electrons. The normalized spacial score (nSPS) is 17.2. The fourth-order valence-corrected chi connectivity index (χ4v) is 4.74. The van der Waals surface area contributed by atoms with Crippen LogP contribution in [-0.4, -0.2) is 78.9 Å². The molecule has 3 aromatic rings. The van der Waals surface area contributed by atoms with Crippen LogP contribution in [0.1, 0.15) is 16.9 Å². The molecule has 0 bridgehead atoms. The first kappa shape index (κ1) is 29.4. The summed E-state index contributed by atoms with van der Waals surface area (Å²) >= 11 is 6.01. The molecule has 1 N–H and O–H groups in total. The zero-order valence-electron chi connectivity index (χ0n) is 21.7. The van der Waals surface area contributed by atoms with Crippen LogP contribution in [0, 0.1) is 0 Å². The third-order valence-electron chi connectivity index (χ3n) is 6.61. The number of nitrogens with zero attached hydrogens (tertiary/aromatic N) is 3. The standard InChI is InChI=1S/C26H28ClN3O4.C2HF3O/c1-33-25-15-21(6-7-24(25)34-13-12-28-9-8-22(31)17-28)30-11-10-29-16-19(14-23(29)26(30)32)18-2-4-20(27)5-3-18;3-2(4,5)1-6/h2-7,14-16,22,31H,8-13,17H2,1H3;1H/t22-;/m0./s1. The number of anilines is 1. The predicted octanol–water partition coefficient (Wildman–Crippen LogP) is 4.67. The molecule has 5 rings (SSSR count). The summed E-state index contributed by atoms with van der Waals surface area (Å²) in [6.07, 6.45) is -3.11. The third kappa shape index (κ3) is 7.35. The largest absolute Gasteiger partial charge is 0.493 e. The van der Waals surface area contributed by atoms with Gasteiger partial charge in [-0.3, -0.25) is 14.5 Å². The summed E-state index contributed by atoms with van der Waals surface area (Å²) in [4.78, 5) is 26.0. The van der Waals surface area contributed by atoms with E-state index in [1.54, 1.807) is 12.0 Å². The van der Waals surface area contributed by atoms with Crippen LogP contribution in [0.2, 0.25) is 5.02 Å². The Morgan fingerprint density at radius 1 is 1.05 bits per heavy atom. The Hall–Kier alpha value is -3.54. The molecule has 8 nitrogen and oxygen atoms in total. The van der Waals surface area contributed by atoms with E-state index in [0.29, 0.717) is 48.5 Å². The summed E-state index contributed by atoms with van der Waals surface area (Å²) in [5.41, 5.74) is 3.45. The van der Waals surface area contributed by atoms with Gasteiger partial charge in [0.25, 0.3) is 5.91 Å². The molecule has 0 spiro atoms. The van der Waals surface area contributed by atoms with E-state index in [1.165, 1.54) is 0 Å². The van der Waals surface area contributed by atoms with Gasteiger partial charge >= 0.3 is 6.18 Å². The van der Waals surface area contributed by atoms with E-state index < -0.39 is 12.5 Å². The van der Waals surface area contributed by atoms with Crippen LogP contribution >= 0.6 is 11.6 Å². The van der Waals surface area contributed by atoms with Crippen molar-refractivity contribution in [2.24, 2.45) is 0 Å². The second-order valence-corrected chi connectivity index (χ2v) is 9.79. The number of aldehydes is 1. The van der Waals surface area contributed by atoms with Gasteiger partial charge in [0.15, 0.2) is 11.5 Å². The molecule has 2 aromatic carbocycles. The Balaban J connectivity index is 0.000000557. The number of carbonyl (C=O) groups excluding carboxylic acids is 2. The molecular formula is C28H29ClF3N3O5. The van der Waals surface area contributed by atoms with Crippen LogP contribution in [0.25, 0.3) is 11.1 Å². The number of likely N-dealkylation sites (tertiary alicyclic amines) is 1. The first-order valence-electron chi connectivity index (χ1n) is 12.6. The van der Waals surface area contributed by atoms with E-state index >= 15 is 0 Å². The van der Waals surface area contributed by atoms with Crippen molar-refractivity contribution in [3.63, 3.8) is 0 Å². The van der Waals surface area contributed by atoms with E-state index in [1.807, 2.05) is 59.3 Å². The van der Waals surface area contributed by atoms with Gasteiger partial charge < -0.3 is 24.0 Å². The molecule has 0 radical (unpaired) electrons. The van der Waals surface area contributed by atoms with Crippen molar-refractivity contribution < 1.29 is 37.3 Å². The van der Waals surface area contributed by atoms with Crippen molar-refractivity contribution in [1.82, 2.24) is 9.47 Å². The molecule has 1 fully saturated rings. The van der Waals surface area contributed by atoms with Crippen molar-refractivity contribution in [2.45, 2.75) is 25.2 Å². The number of carbonyl (C=O) groups is 2. The summed E-state index contributed by atoms with van der Waals surface area (Å²) in [6.45, 7) is 4.11. The number of rotatable bonds is 7. The molecular weight excluding hydrogens is 551 g/mol.